The first-order valence-corrected chi connectivity index (χ1v) is 6.76. The normalized spacial score (nSPS) is 43.1. The van der Waals surface area contributed by atoms with Crippen LogP contribution in [0.2, 0.25) is 12.6 Å². The van der Waals surface area contributed by atoms with Crippen LogP contribution in [-0.2, 0) is 0 Å². The quantitative estimate of drug-likeness (QED) is 0.409. The van der Waals surface area contributed by atoms with Gasteiger partial charge in [0.25, 0.3) is 0 Å². The van der Waals surface area contributed by atoms with Crippen molar-refractivity contribution >= 4 is 19.7 Å². The Kier molecular flexibility index (Phi) is 2.02. The van der Waals surface area contributed by atoms with Crippen molar-refractivity contribution in [3.63, 3.8) is 0 Å². The Morgan fingerprint density at radius 3 is 2.67 bits per heavy atom. The molecule has 1 saturated heterocycles. The van der Waals surface area contributed by atoms with E-state index in [1.165, 1.54) is 18.9 Å². The van der Waals surface area contributed by atoms with Crippen LogP contribution in [0, 0.1) is 0 Å². The third-order valence-electron chi connectivity index (χ3n) is 2.35. The van der Waals surface area contributed by atoms with E-state index in [9.17, 15) is 0 Å². The summed E-state index contributed by atoms with van der Waals surface area (Å²) in [4.78, 5) is 0. The van der Waals surface area contributed by atoms with E-state index in [4.69, 9.17) is 11.6 Å². The fourth-order valence-electron chi connectivity index (χ4n) is 1.38. The molecule has 1 aliphatic heterocycles. The van der Waals surface area contributed by atoms with Crippen molar-refractivity contribution in [3.8, 4) is 0 Å². The molecule has 1 fully saturated rings. The van der Waals surface area contributed by atoms with Crippen LogP contribution in [0.1, 0.15) is 12.8 Å². The molecule has 0 saturated carbocycles. The minimum atomic E-state index is -1.13. The molecule has 2 unspecified atom stereocenters. The average molecular weight is 161 g/mol. The maximum Gasteiger partial charge on any atom is 0.0934 e. The lowest BCUT2D eigenvalue weighted by molar-refractivity contribution is 0.912. The van der Waals surface area contributed by atoms with Crippen LogP contribution in [0.15, 0.2) is 12.3 Å². The van der Waals surface area contributed by atoms with Gasteiger partial charge in [-0.1, -0.05) is 19.0 Å². The van der Waals surface area contributed by atoms with Crippen molar-refractivity contribution in [1.82, 2.24) is 0 Å². The summed E-state index contributed by atoms with van der Waals surface area (Å²) < 4.78 is 0. The lowest BCUT2D eigenvalue weighted by atomic mass is 10.4. The Balaban J connectivity index is 2.66. The first-order chi connectivity index (χ1) is 4.19. The molecular weight excluding hydrogens is 148 g/mol. The van der Waals surface area contributed by atoms with Gasteiger partial charge in [-0.15, -0.1) is 23.9 Å². The van der Waals surface area contributed by atoms with Crippen LogP contribution in [-0.4, -0.2) is 13.1 Å². The highest BCUT2D eigenvalue weighted by molar-refractivity contribution is 6.90. The van der Waals surface area contributed by atoms with Gasteiger partial charge in [0.1, 0.15) is 0 Å². The van der Waals surface area contributed by atoms with Gasteiger partial charge in [-0.25, -0.2) is 0 Å². The van der Waals surface area contributed by atoms with Gasteiger partial charge >= 0.3 is 0 Å². The minimum absolute atomic E-state index is 0.468. The molecule has 1 aliphatic rings. The zero-order valence-corrected chi connectivity index (χ0v) is 7.62. The second-order valence-electron chi connectivity index (χ2n) is 3.07. The van der Waals surface area contributed by atoms with Crippen molar-refractivity contribution < 1.29 is 0 Å². The van der Waals surface area contributed by atoms with Crippen LogP contribution in [0.25, 0.3) is 0 Å². The highest BCUT2D eigenvalue weighted by Gasteiger charge is 2.36. The van der Waals surface area contributed by atoms with Crippen LogP contribution in [0.5, 0.6) is 0 Å². The number of hydrogen-bond donors (Lipinski definition) is 0. The van der Waals surface area contributed by atoms with Gasteiger partial charge < -0.3 is 0 Å². The minimum Gasteiger partial charge on any atom is -0.126 e. The van der Waals surface area contributed by atoms with Gasteiger partial charge in [-0.05, 0) is 6.42 Å². The molecule has 52 valence electrons. The van der Waals surface area contributed by atoms with E-state index < -0.39 is 8.07 Å². The van der Waals surface area contributed by atoms with Crippen molar-refractivity contribution in [2.24, 2.45) is 0 Å². The number of halogens is 1. The van der Waals surface area contributed by atoms with Gasteiger partial charge in [0, 0.05) is 5.00 Å². The first-order valence-electron chi connectivity index (χ1n) is 3.47. The predicted molar refractivity (Wildman–Crippen MR) is 45.5 cm³/mol. The Morgan fingerprint density at radius 2 is 2.44 bits per heavy atom. The Labute approximate surface area is 62.9 Å². The van der Waals surface area contributed by atoms with Crippen LogP contribution >= 0.6 is 11.6 Å². The van der Waals surface area contributed by atoms with E-state index in [1.54, 1.807) is 0 Å². The summed E-state index contributed by atoms with van der Waals surface area (Å²) in [7, 11) is -1.13. The third-order valence-corrected chi connectivity index (χ3v) is 8.15. The van der Waals surface area contributed by atoms with E-state index >= 15 is 0 Å². The van der Waals surface area contributed by atoms with Crippen molar-refractivity contribution in [2.75, 3.05) is 0 Å². The Hall–Kier alpha value is 0.247. The Bertz CT molecular complexity index is 124. The molecule has 0 aliphatic carbocycles. The summed E-state index contributed by atoms with van der Waals surface area (Å²) in [5.41, 5.74) is 2.14. The first kappa shape index (κ1) is 7.36. The van der Waals surface area contributed by atoms with Crippen LogP contribution in [0.3, 0.4) is 0 Å². The summed E-state index contributed by atoms with van der Waals surface area (Å²) in [6, 6.07) is 1.35. The van der Waals surface area contributed by atoms with Gasteiger partial charge in [0.2, 0.25) is 0 Å². The molecule has 0 radical (unpaired) electrons. The SMILES string of the molecule is C=C[Si]1(C)CCCC1Cl. The van der Waals surface area contributed by atoms with Crippen LogP contribution in [0.4, 0.5) is 0 Å². The van der Waals surface area contributed by atoms with E-state index in [0.29, 0.717) is 5.00 Å². The number of rotatable bonds is 1. The lowest BCUT2D eigenvalue weighted by Gasteiger charge is -2.19. The lowest BCUT2D eigenvalue weighted by Crippen LogP contribution is -2.33. The molecule has 0 bridgehead atoms. The summed E-state index contributed by atoms with van der Waals surface area (Å²) in [6.45, 7) is 6.17. The second kappa shape index (κ2) is 2.47. The molecule has 0 spiro atoms. The largest absolute Gasteiger partial charge is 0.126 e. The molecule has 0 N–H and O–H groups in total. The van der Waals surface area contributed by atoms with Gasteiger partial charge in [0.15, 0.2) is 0 Å². The molecule has 0 aromatic heterocycles. The Morgan fingerprint density at radius 1 is 1.78 bits per heavy atom. The molecule has 1 heterocycles. The van der Waals surface area contributed by atoms with Crippen molar-refractivity contribution in [3.05, 3.63) is 12.3 Å². The molecule has 1 rings (SSSR count). The molecule has 9 heavy (non-hydrogen) atoms. The molecule has 0 amide bonds. The summed E-state index contributed by atoms with van der Waals surface area (Å²) in [6.07, 6.45) is 2.54. The molecule has 0 aromatic rings. The van der Waals surface area contributed by atoms with Crippen molar-refractivity contribution in [1.29, 1.82) is 0 Å². The zero-order valence-electron chi connectivity index (χ0n) is 5.86. The zero-order chi connectivity index (χ0) is 6.91. The summed E-state index contributed by atoms with van der Waals surface area (Å²) in [5.74, 6) is 0. The van der Waals surface area contributed by atoms with Crippen molar-refractivity contribution in [2.45, 2.75) is 30.4 Å². The van der Waals surface area contributed by atoms with Crippen LogP contribution < -0.4 is 0 Å². The van der Waals surface area contributed by atoms with E-state index in [2.05, 4.69) is 18.8 Å². The summed E-state index contributed by atoms with van der Waals surface area (Å²) >= 11 is 6.11. The molecule has 0 aromatic carbocycles. The summed E-state index contributed by atoms with van der Waals surface area (Å²) in [5, 5.41) is 0.468. The molecular formula is C7H13ClSi. The van der Waals surface area contributed by atoms with Gasteiger partial charge in [0.05, 0.1) is 8.07 Å². The third kappa shape index (κ3) is 1.22. The predicted octanol–water partition coefficient (Wildman–Crippen LogP) is 2.73. The number of hydrogen-bond acceptors (Lipinski definition) is 0. The van der Waals surface area contributed by atoms with E-state index in [-0.39, 0.29) is 0 Å². The molecule has 0 nitrogen and oxygen atoms in total. The monoisotopic (exact) mass is 160 g/mol. The highest BCUT2D eigenvalue weighted by Crippen LogP contribution is 2.33. The topological polar surface area (TPSA) is 0 Å². The molecule has 2 heteroatoms. The standard InChI is InChI=1S/C7H13ClSi/c1-3-9(2)6-4-5-7(9)8/h3,7H,1,4-6H2,2H3. The van der Waals surface area contributed by atoms with Gasteiger partial charge in [-0.3, -0.25) is 0 Å². The van der Waals surface area contributed by atoms with E-state index in [1.807, 2.05) is 0 Å². The fourth-order valence-corrected chi connectivity index (χ4v) is 4.73. The van der Waals surface area contributed by atoms with Gasteiger partial charge in [-0.2, -0.15) is 0 Å². The maximum absolute atomic E-state index is 6.11. The van der Waals surface area contributed by atoms with E-state index in [0.717, 1.165) is 0 Å². The maximum atomic E-state index is 6.11. The second-order valence-corrected chi connectivity index (χ2v) is 8.58. The highest BCUT2D eigenvalue weighted by atomic mass is 35.5. The average Bonchev–Trinajstić information content (AvgIpc) is 2.15. The molecule has 2 atom stereocenters. The smallest absolute Gasteiger partial charge is 0.0934 e. The number of alkyl halides is 1. The fraction of sp³-hybridized carbons (Fsp3) is 0.714.